The highest BCUT2D eigenvalue weighted by Crippen LogP contribution is 2.36. The third-order valence-electron chi connectivity index (χ3n) is 5.52. The van der Waals surface area contributed by atoms with E-state index in [0.717, 1.165) is 46.3 Å². The van der Waals surface area contributed by atoms with E-state index in [0.29, 0.717) is 13.2 Å². The van der Waals surface area contributed by atoms with Crippen LogP contribution in [0.3, 0.4) is 0 Å². The van der Waals surface area contributed by atoms with E-state index in [2.05, 4.69) is 21.7 Å². The number of amides is 1. The van der Waals surface area contributed by atoms with Crippen LogP contribution in [0, 0.1) is 6.92 Å². The zero-order chi connectivity index (χ0) is 18.4. The van der Waals surface area contributed by atoms with E-state index < -0.39 is 0 Å². The van der Waals surface area contributed by atoms with Crippen molar-refractivity contribution in [2.75, 3.05) is 13.1 Å². The van der Waals surface area contributed by atoms with Crippen LogP contribution in [0.1, 0.15) is 26.8 Å². The van der Waals surface area contributed by atoms with Crippen molar-refractivity contribution in [3.8, 4) is 11.3 Å². The molecule has 5 nitrogen and oxygen atoms in total. The Morgan fingerprint density at radius 1 is 1.19 bits per heavy atom. The fourth-order valence-corrected chi connectivity index (χ4v) is 4.90. The smallest absolute Gasteiger partial charge is 0.264 e. The lowest BCUT2D eigenvalue weighted by atomic mass is 10.0. The van der Waals surface area contributed by atoms with Crippen molar-refractivity contribution in [2.45, 2.75) is 32.1 Å². The second-order valence-electron chi connectivity index (χ2n) is 7.37. The van der Waals surface area contributed by atoms with Crippen LogP contribution in [0.15, 0.2) is 48.7 Å². The number of hydrogen-bond acceptors (Lipinski definition) is 4. The Morgan fingerprint density at radius 3 is 2.81 bits per heavy atom. The largest absolute Gasteiger partial charge is 0.363 e. The zero-order valence-corrected chi connectivity index (χ0v) is 16.0. The number of rotatable bonds is 2. The molecule has 1 atom stereocenters. The van der Waals surface area contributed by atoms with Crippen LogP contribution in [0.25, 0.3) is 11.3 Å². The van der Waals surface area contributed by atoms with Crippen LogP contribution >= 0.6 is 11.3 Å². The highest BCUT2D eigenvalue weighted by atomic mass is 32.1. The van der Waals surface area contributed by atoms with Gasteiger partial charge in [0, 0.05) is 11.4 Å². The molecule has 1 fully saturated rings. The highest BCUT2D eigenvalue weighted by molar-refractivity contribution is 7.13. The maximum Gasteiger partial charge on any atom is 0.264 e. The van der Waals surface area contributed by atoms with E-state index in [1.54, 1.807) is 11.3 Å². The molecule has 138 valence electrons. The number of hydrogen-bond donors (Lipinski definition) is 0. The molecule has 0 aliphatic carbocycles. The molecule has 6 heteroatoms. The van der Waals surface area contributed by atoms with Crippen molar-refractivity contribution >= 4 is 17.2 Å². The molecule has 5 rings (SSSR count). The van der Waals surface area contributed by atoms with Gasteiger partial charge in [-0.05, 0) is 31.0 Å². The Balaban J connectivity index is 1.39. The second kappa shape index (κ2) is 6.32. The summed E-state index contributed by atoms with van der Waals surface area (Å²) < 4.78 is 8.52. The summed E-state index contributed by atoms with van der Waals surface area (Å²) in [4.78, 5) is 21.3. The average molecular weight is 379 g/mol. The number of carbonyl (C=O) groups excluding carboxylic acids is 1. The zero-order valence-electron chi connectivity index (χ0n) is 15.2. The van der Waals surface area contributed by atoms with Crippen LogP contribution in [0.5, 0.6) is 0 Å². The van der Waals surface area contributed by atoms with Gasteiger partial charge in [0.15, 0.2) is 0 Å². The average Bonchev–Trinajstić information content (AvgIpc) is 3.41. The molecule has 1 amide bonds. The molecule has 1 saturated heterocycles. The Morgan fingerprint density at radius 2 is 2.04 bits per heavy atom. The molecule has 4 heterocycles. The summed E-state index contributed by atoms with van der Waals surface area (Å²) in [7, 11) is 0. The molecule has 27 heavy (non-hydrogen) atoms. The Bertz CT molecular complexity index is 994. The summed E-state index contributed by atoms with van der Waals surface area (Å²) in [5.41, 5.74) is 1.96. The van der Waals surface area contributed by atoms with Gasteiger partial charge in [0.25, 0.3) is 5.91 Å². The summed E-state index contributed by atoms with van der Waals surface area (Å²) in [6.45, 7) is 4.63. The molecule has 0 unspecified atom stereocenters. The highest BCUT2D eigenvalue weighted by Gasteiger charge is 2.44. The summed E-state index contributed by atoms with van der Waals surface area (Å²) in [6, 6.07) is 14.3. The van der Waals surface area contributed by atoms with Crippen molar-refractivity contribution in [3.63, 3.8) is 0 Å². The monoisotopic (exact) mass is 379 g/mol. The lowest BCUT2D eigenvalue weighted by molar-refractivity contribution is -0.0804. The molecule has 0 radical (unpaired) electrons. The number of carbonyl (C=O) groups is 1. The van der Waals surface area contributed by atoms with Gasteiger partial charge in [0.2, 0.25) is 0 Å². The van der Waals surface area contributed by atoms with E-state index in [1.807, 2.05) is 48.4 Å². The lowest BCUT2D eigenvalue weighted by Gasteiger charge is -2.35. The minimum atomic E-state index is -0.320. The van der Waals surface area contributed by atoms with Gasteiger partial charge in [-0.3, -0.25) is 4.79 Å². The van der Waals surface area contributed by atoms with Crippen molar-refractivity contribution in [2.24, 2.45) is 0 Å². The van der Waals surface area contributed by atoms with Crippen LogP contribution in [-0.2, 0) is 17.9 Å². The quantitative estimate of drug-likeness (QED) is 0.682. The van der Waals surface area contributed by atoms with Gasteiger partial charge in [0.1, 0.15) is 18.0 Å². The van der Waals surface area contributed by atoms with Gasteiger partial charge < -0.3 is 14.2 Å². The van der Waals surface area contributed by atoms with E-state index in [-0.39, 0.29) is 11.5 Å². The third-order valence-corrected chi connectivity index (χ3v) is 6.50. The first-order valence-electron chi connectivity index (χ1n) is 9.23. The summed E-state index contributed by atoms with van der Waals surface area (Å²) in [5, 5.41) is 0. The van der Waals surface area contributed by atoms with Crippen molar-refractivity contribution in [1.29, 1.82) is 0 Å². The minimum absolute atomic E-state index is 0.119. The predicted octanol–water partition coefficient (Wildman–Crippen LogP) is 3.74. The Labute approximate surface area is 162 Å². The van der Waals surface area contributed by atoms with Gasteiger partial charge in [-0.1, -0.05) is 30.3 Å². The van der Waals surface area contributed by atoms with Gasteiger partial charge in [-0.15, -0.1) is 11.3 Å². The van der Waals surface area contributed by atoms with Crippen molar-refractivity contribution in [3.05, 3.63) is 64.2 Å². The standard InChI is InChI=1S/C21H21N3O2S/c1-15-7-8-18(27-15)20(25)23-10-9-21(13-23)14-24-17(11-22-19(24)12-26-21)16-5-3-2-4-6-16/h2-8,11H,9-10,12-14H2,1H3/t21-/m0/s1. The first kappa shape index (κ1) is 16.7. The van der Waals surface area contributed by atoms with Gasteiger partial charge in [0.05, 0.1) is 29.9 Å². The number of nitrogens with zero attached hydrogens (tertiary/aromatic N) is 3. The van der Waals surface area contributed by atoms with E-state index in [9.17, 15) is 4.79 Å². The fraction of sp³-hybridized carbons (Fsp3) is 0.333. The van der Waals surface area contributed by atoms with E-state index in [4.69, 9.17) is 4.74 Å². The fourth-order valence-electron chi connectivity index (χ4n) is 4.07. The summed E-state index contributed by atoms with van der Waals surface area (Å²) in [5.74, 6) is 1.08. The Kier molecular flexibility index (Phi) is 3.91. The normalized spacial score (nSPS) is 21.6. The van der Waals surface area contributed by atoms with Crippen LogP contribution < -0.4 is 0 Å². The molecule has 2 aliphatic heterocycles. The SMILES string of the molecule is Cc1ccc(C(=O)N2CC[C@]3(C2)Cn2c(-c4ccccc4)cnc2CO3)s1. The molecule has 1 aromatic carbocycles. The minimum Gasteiger partial charge on any atom is -0.363 e. The van der Waals surface area contributed by atoms with Crippen LogP contribution in [0.2, 0.25) is 0 Å². The first-order valence-corrected chi connectivity index (χ1v) is 10.0. The predicted molar refractivity (Wildman–Crippen MR) is 105 cm³/mol. The number of aromatic nitrogens is 2. The van der Waals surface area contributed by atoms with Crippen molar-refractivity contribution < 1.29 is 9.53 Å². The topological polar surface area (TPSA) is 47.4 Å². The van der Waals surface area contributed by atoms with E-state index in [1.165, 1.54) is 0 Å². The second-order valence-corrected chi connectivity index (χ2v) is 8.66. The number of thiophene rings is 1. The maximum atomic E-state index is 12.8. The molecule has 1 spiro atoms. The molecule has 0 saturated carbocycles. The summed E-state index contributed by atoms with van der Waals surface area (Å²) >= 11 is 1.56. The third kappa shape index (κ3) is 2.89. The molecule has 2 aliphatic rings. The number of ether oxygens (including phenoxy) is 1. The number of imidazole rings is 1. The molecule has 3 aromatic rings. The van der Waals surface area contributed by atoms with Crippen molar-refractivity contribution in [1.82, 2.24) is 14.5 Å². The van der Waals surface area contributed by atoms with Gasteiger partial charge >= 0.3 is 0 Å². The molecular formula is C21H21N3O2S. The molecular weight excluding hydrogens is 358 g/mol. The summed E-state index contributed by atoms with van der Waals surface area (Å²) in [6.07, 6.45) is 2.79. The number of likely N-dealkylation sites (tertiary alicyclic amines) is 1. The lowest BCUT2D eigenvalue weighted by Crippen LogP contribution is -2.45. The Hall–Kier alpha value is -2.44. The number of aryl methyl sites for hydroxylation is 1. The first-order chi connectivity index (χ1) is 13.1. The van der Waals surface area contributed by atoms with Gasteiger partial charge in [-0.25, -0.2) is 4.98 Å². The van der Waals surface area contributed by atoms with Crippen LogP contribution in [0.4, 0.5) is 0 Å². The molecule has 0 bridgehead atoms. The van der Waals surface area contributed by atoms with E-state index >= 15 is 0 Å². The van der Waals surface area contributed by atoms with Crippen LogP contribution in [-0.4, -0.2) is 39.0 Å². The molecule has 0 N–H and O–H groups in total. The van der Waals surface area contributed by atoms with Gasteiger partial charge in [-0.2, -0.15) is 0 Å². The molecule has 2 aromatic heterocycles. The maximum absolute atomic E-state index is 12.8. The number of benzene rings is 1. The number of fused-ring (bicyclic) bond motifs is 1.